The number of amides is 1. The summed E-state index contributed by atoms with van der Waals surface area (Å²) in [7, 11) is -2.53. The van der Waals surface area contributed by atoms with Crippen molar-refractivity contribution in [2.75, 3.05) is 24.6 Å². The van der Waals surface area contributed by atoms with Crippen LogP contribution < -0.4 is 9.62 Å². The van der Waals surface area contributed by atoms with E-state index in [1.165, 1.54) is 19.2 Å². The number of anilines is 1. The zero-order valence-corrected chi connectivity index (χ0v) is 15.4. The fraction of sp³-hybridized carbons (Fsp3) is 0.278. The Bertz CT molecular complexity index is 826. The first kappa shape index (κ1) is 19.9. The van der Waals surface area contributed by atoms with Gasteiger partial charge < -0.3 is 10.1 Å². The molecule has 1 atom stereocenters. The molecule has 0 spiro atoms. The lowest BCUT2D eigenvalue weighted by Crippen LogP contribution is -2.44. The van der Waals surface area contributed by atoms with Crippen LogP contribution in [0.4, 0.5) is 10.1 Å². The van der Waals surface area contributed by atoms with Crippen molar-refractivity contribution < 1.29 is 22.3 Å². The number of hydrogen-bond acceptors (Lipinski definition) is 4. The molecule has 6 nitrogen and oxygen atoms in total. The second-order valence-corrected chi connectivity index (χ2v) is 7.59. The third-order valence-electron chi connectivity index (χ3n) is 3.56. The molecule has 140 valence electrons. The summed E-state index contributed by atoms with van der Waals surface area (Å²) in [5.41, 5.74) is 0.339. The zero-order chi connectivity index (χ0) is 19.2. The summed E-state index contributed by atoms with van der Waals surface area (Å²) < 4.78 is 45.1. The van der Waals surface area contributed by atoms with Crippen LogP contribution in [0.5, 0.6) is 0 Å². The van der Waals surface area contributed by atoms with Crippen LogP contribution in [0.25, 0.3) is 0 Å². The highest BCUT2D eigenvalue weighted by molar-refractivity contribution is 7.92. The minimum Gasteiger partial charge on any atom is -0.383 e. The summed E-state index contributed by atoms with van der Waals surface area (Å²) in [6.07, 6.45) is 0. The molecule has 1 amide bonds. The summed E-state index contributed by atoms with van der Waals surface area (Å²) in [6.45, 7) is 1.66. The molecular formula is C18H21FN2O4S. The van der Waals surface area contributed by atoms with Gasteiger partial charge in [0.2, 0.25) is 5.91 Å². The second kappa shape index (κ2) is 8.77. The number of rotatable bonds is 8. The zero-order valence-electron chi connectivity index (χ0n) is 14.6. The predicted octanol–water partition coefficient (Wildman–Crippen LogP) is 2.17. The molecule has 0 saturated heterocycles. The first-order chi connectivity index (χ1) is 12.3. The normalized spacial score (nSPS) is 12.4. The first-order valence-corrected chi connectivity index (χ1v) is 9.40. The summed E-state index contributed by atoms with van der Waals surface area (Å²) in [6, 6.07) is 12.5. The minimum atomic E-state index is -4.04. The van der Waals surface area contributed by atoms with Crippen LogP contribution in [-0.2, 0) is 19.6 Å². The molecule has 1 N–H and O–H groups in total. The molecule has 2 aromatic rings. The molecule has 0 radical (unpaired) electrons. The van der Waals surface area contributed by atoms with E-state index in [4.69, 9.17) is 4.74 Å². The Morgan fingerprint density at radius 1 is 1.15 bits per heavy atom. The molecule has 0 aliphatic carbocycles. The van der Waals surface area contributed by atoms with Gasteiger partial charge in [-0.1, -0.05) is 18.2 Å². The fourth-order valence-electron chi connectivity index (χ4n) is 2.39. The van der Waals surface area contributed by atoms with Gasteiger partial charge in [-0.05, 0) is 43.3 Å². The number of benzene rings is 2. The average molecular weight is 380 g/mol. The SMILES string of the molecule is COC[C@H](C)NC(=O)CN(c1ccccc1)S(=O)(=O)c1ccc(F)cc1. The fourth-order valence-corrected chi connectivity index (χ4v) is 3.81. The number of methoxy groups -OCH3 is 1. The van der Waals surface area contributed by atoms with E-state index in [9.17, 15) is 17.6 Å². The van der Waals surface area contributed by atoms with Crippen LogP contribution >= 0.6 is 0 Å². The largest absolute Gasteiger partial charge is 0.383 e. The van der Waals surface area contributed by atoms with Gasteiger partial charge >= 0.3 is 0 Å². The number of ether oxygens (including phenoxy) is 1. The van der Waals surface area contributed by atoms with Crippen LogP contribution in [0.2, 0.25) is 0 Å². The van der Waals surface area contributed by atoms with Crippen LogP contribution in [0.15, 0.2) is 59.5 Å². The summed E-state index contributed by atoms with van der Waals surface area (Å²) >= 11 is 0. The Labute approximate surface area is 152 Å². The Morgan fingerprint density at radius 3 is 2.35 bits per heavy atom. The van der Waals surface area contributed by atoms with Gasteiger partial charge in [0.25, 0.3) is 10.0 Å². The van der Waals surface area contributed by atoms with Gasteiger partial charge in [0, 0.05) is 13.2 Å². The highest BCUT2D eigenvalue weighted by atomic mass is 32.2. The Morgan fingerprint density at radius 2 is 1.77 bits per heavy atom. The van der Waals surface area contributed by atoms with E-state index in [-0.39, 0.29) is 10.9 Å². The molecule has 0 aliphatic rings. The molecule has 0 aromatic heterocycles. The maximum atomic E-state index is 13.1. The molecule has 0 unspecified atom stereocenters. The molecule has 0 aliphatic heterocycles. The second-order valence-electron chi connectivity index (χ2n) is 5.73. The Kier molecular flexibility index (Phi) is 6.70. The lowest BCUT2D eigenvalue weighted by atomic mass is 10.3. The Hall–Kier alpha value is -2.45. The van der Waals surface area contributed by atoms with Gasteiger partial charge in [-0.3, -0.25) is 9.10 Å². The highest BCUT2D eigenvalue weighted by Gasteiger charge is 2.27. The third-order valence-corrected chi connectivity index (χ3v) is 5.35. The van der Waals surface area contributed by atoms with E-state index in [0.29, 0.717) is 12.3 Å². The molecule has 0 fully saturated rings. The van der Waals surface area contributed by atoms with E-state index in [1.807, 2.05) is 0 Å². The first-order valence-electron chi connectivity index (χ1n) is 7.96. The van der Waals surface area contributed by atoms with Crippen LogP contribution in [0, 0.1) is 5.82 Å². The van der Waals surface area contributed by atoms with Gasteiger partial charge in [-0.2, -0.15) is 0 Å². The number of nitrogens with one attached hydrogen (secondary N) is 1. The highest BCUT2D eigenvalue weighted by Crippen LogP contribution is 2.23. The molecule has 26 heavy (non-hydrogen) atoms. The summed E-state index contributed by atoms with van der Waals surface area (Å²) in [5.74, 6) is -1.01. The number of halogens is 1. The van der Waals surface area contributed by atoms with E-state index in [0.717, 1.165) is 16.4 Å². The van der Waals surface area contributed by atoms with E-state index >= 15 is 0 Å². The van der Waals surface area contributed by atoms with Crippen LogP contribution in [-0.4, -0.2) is 40.6 Å². The molecule has 2 rings (SSSR count). The van der Waals surface area contributed by atoms with Crippen LogP contribution in [0.1, 0.15) is 6.92 Å². The molecule has 2 aromatic carbocycles. The molecular weight excluding hydrogens is 359 g/mol. The number of para-hydroxylation sites is 1. The minimum absolute atomic E-state index is 0.0968. The van der Waals surface area contributed by atoms with Crippen molar-refractivity contribution in [3.63, 3.8) is 0 Å². The van der Waals surface area contributed by atoms with Crippen molar-refractivity contribution >= 4 is 21.6 Å². The smallest absolute Gasteiger partial charge is 0.264 e. The standard InChI is InChI=1S/C18H21FN2O4S/c1-14(13-25-2)20-18(22)12-21(16-6-4-3-5-7-16)26(23,24)17-10-8-15(19)9-11-17/h3-11,14H,12-13H2,1-2H3,(H,20,22)/t14-/m0/s1. The van der Waals surface area contributed by atoms with Gasteiger partial charge in [-0.25, -0.2) is 12.8 Å². The van der Waals surface area contributed by atoms with Crippen molar-refractivity contribution in [3.8, 4) is 0 Å². The van der Waals surface area contributed by atoms with E-state index < -0.39 is 28.3 Å². The molecule has 0 saturated carbocycles. The number of sulfonamides is 1. The Balaban J connectivity index is 2.33. The van der Waals surface area contributed by atoms with Crippen molar-refractivity contribution in [2.45, 2.75) is 17.9 Å². The average Bonchev–Trinajstić information content (AvgIpc) is 2.61. The maximum absolute atomic E-state index is 13.1. The number of carbonyl (C=O) groups is 1. The van der Waals surface area contributed by atoms with Gasteiger partial charge in [0.15, 0.2) is 0 Å². The lowest BCUT2D eigenvalue weighted by Gasteiger charge is -2.25. The predicted molar refractivity (Wildman–Crippen MR) is 96.9 cm³/mol. The van der Waals surface area contributed by atoms with Crippen molar-refractivity contribution in [2.24, 2.45) is 0 Å². The van der Waals surface area contributed by atoms with Crippen molar-refractivity contribution in [3.05, 3.63) is 60.4 Å². The number of carbonyl (C=O) groups excluding carboxylic acids is 1. The van der Waals surface area contributed by atoms with Crippen LogP contribution in [0.3, 0.4) is 0 Å². The maximum Gasteiger partial charge on any atom is 0.264 e. The van der Waals surface area contributed by atoms with E-state index in [1.54, 1.807) is 37.3 Å². The third kappa shape index (κ3) is 5.03. The monoisotopic (exact) mass is 380 g/mol. The van der Waals surface area contributed by atoms with Crippen molar-refractivity contribution in [1.29, 1.82) is 0 Å². The topological polar surface area (TPSA) is 75.7 Å². The molecule has 8 heteroatoms. The van der Waals surface area contributed by atoms with Gasteiger partial charge in [-0.15, -0.1) is 0 Å². The van der Waals surface area contributed by atoms with Crippen molar-refractivity contribution in [1.82, 2.24) is 5.32 Å². The van der Waals surface area contributed by atoms with E-state index in [2.05, 4.69) is 5.32 Å². The molecule has 0 heterocycles. The summed E-state index contributed by atoms with van der Waals surface area (Å²) in [4.78, 5) is 12.2. The van der Waals surface area contributed by atoms with Gasteiger partial charge in [0.1, 0.15) is 12.4 Å². The lowest BCUT2D eigenvalue weighted by molar-refractivity contribution is -0.120. The number of hydrogen-bond donors (Lipinski definition) is 1. The molecule has 0 bridgehead atoms. The summed E-state index contributed by atoms with van der Waals surface area (Å²) in [5, 5.41) is 2.68. The quantitative estimate of drug-likeness (QED) is 0.762. The number of nitrogens with zero attached hydrogens (tertiary/aromatic N) is 1. The van der Waals surface area contributed by atoms with Gasteiger partial charge in [0.05, 0.1) is 17.2 Å².